The number of H-pyrrole nitrogens is 1. The highest BCUT2D eigenvalue weighted by Crippen LogP contribution is 2.22. The van der Waals surface area contributed by atoms with E-state index in [9.17, 15) is 18.0 Å². The summed E-state index contributed by atoms with van der Waals surface area (Å²) in [5.74, 6) is -0.517. The third kappa shape index (κ3) is 5.05. The van der Waals surface area contributed by atoms with E-state index >= 15 is 0 Å². The number of hydrogen-bond acceptors (Lipinski definition) is 4. The fraction of sp³-hybridized carbons (Fsp3) is 0.304. The first-order chi connectivity index (χ1) is 15.8. The highest BCUT2D eigenvalue weighted by molar-refractivity contribution is 7.89. The molecule has 2 aromatic carbocycles. The molecular formula is C23H25ClN4O4S. The number of sulfonamides is 1. The van der Waals surface area contributed by atoms with Gasteiger partial charge in [0.15, 0.2) is 0 Å². The molecule has 2 N–H and O–H groups in total. The first-order valence-corrected chi connectivity index (χ1v) is 12.4. The summed E-state index contributed by atoms with van der Waals surface area (Å²) in [4.78, 5) is 30.1. The molecule has 0 radical (unpaired) electrons. The third-order valence-electron chi connectivity index (χ3n) is 5.78. The Kier molecular flexibility index (Phi) is 6.73. The van der Waals surface area contributed by atoms with E-state index < -0.39 is 16.1 Å². The van der Waals surface area contributed by atoms with Gasteiger partial charge in [-0.15, -0.1) is 0 Å². The summed E-state index contributed by atoms with van der Waals surface area (Å²) in [5.41, 5.74) is 1.89. The average molecular weight is 489 g/mol. The lowest BCUT2D eigenvalue weighted by Crippen LogP contribution is -2.56. The Bertz CT molecular complexity index is 1270. The van der Waals surface area contributed by atoms with Crippen molar-refractivity contribution in [2.75, 3.05) is 26.2 Å². The van der Waals surface area contributed by atoms with Gasteiger partial charge in [0.05, 0.1) is 4.90 Å². The summed E-state index contributed by atoms with van der Waals surface area (Å²) >= 11 is 5.87. The minimum atomic E-state index is -3.67. The van der Waals surface area contributed by atoms with Crippen molar-refractivity contribution >= 4 is 44.3 Å². The highest BCUT2D eigenvalue weighted by atomic mass is 35.5. The summed E-state index contributed by atoms with van der Waals surface area (Å²) in [6.45, 7) is 2.23. The zero-order chi connectivity index (χ0) is 23.6. The molecule has 0 aliphatic carbocycles. The maximum absolute atomic E-state index is 13.3. The molecule has 3 aromatic rings. The number of rotatable bonds is 6. The topological polar surface area (TPSA) is 103 Å². The minimum Gasteiger partial charge on any atom is -0.361 e. The largest absolute Gasteiger partial charge is 0.361 e. The van der Waals surface area contributed by atoms with Crippen LogP contribution < -0.4 is 5.32 Å². The van der Waals surface area contributed by atoms with Gasteiger partial charge in [-0.2, -0.15) is 4.31 Å². The van der Waals surface area contributed by atoms with E-state index in [2.05, 4.69) is 10.3 Å². The van der Waals surface area contributed by atoms with Crippen LogP contribution in [0.5, 0.6) is 0 Å². The Morgan fingerprint density at radius 1 is 1.06 bits per heavy atom. The van der Waals surface area contributed by atoms with Gasteiger partial charge in [-0.25, -0.2) is 8.42 Å². The van der Waals surface area contributed by atoms with Gasteiger partial charge < -0.3 is 15.2 Å². The summed E-state index contributed by atoms with van der Waals surface area (Å²) in [6.07, 6.45) is 2.19. The zero-order valence-corrected chi connectivity index (χ0v) is 19.7. The predicted octanol–water partition coefficient (Wildman–Crippen LogP) is 2.40. The predicted molar refractivity (Wildman–Crippen MR) is 126 cm³/mol. The Labute approximate surface area is 197 Å². The molecule has 0 spiro atoms. The summed E-state index contributed by atoms with van der Waals surface area (Å²) < 4.78 is 27.2. The van der Waals surface area contributed by atoms with Crippen molar-refractivity contribution in [3.63, 3.8) is 0 Å². The van der Waals surface area contributed by atoms with Crippen LogP contribution in [0.25, 0.3) is 10.9 Å². The van der Waals surface area contributed by atoms with Crippen molar-refractivity contribution in [1.29, 1.82) is 0 Å². The number of carbonyl (C=O) groups excluding carboxylic acids is 2. The Morgan fingerprint density at radius 2 is 1.73 bits per heavy atom. The van der Waals surface area contributed by atoms with Crippen LogP contribution in [0.3, 0.4) is 0 Å². The van der Waals surface area contributed by atoms with Crippen LogP contribution in [-0.4, -0.2) is 66.6 Å². The van der Waals surface area contributed by atoms with E-state index in [1.807, 2.05) is 30.5 Å². The number of benzene rings is 2. The van der Waals surface area contributed by atoms with Gasteiger partial charge in [0, 0.05) is 61.6 Å². The zero-order valence-electron chi connectivity index (χ0n) is 18.1. The lowest BCUT2D eigenvalue weighted by molar-refractivity contribution is -0.137. The fourth-order valence-electron chi connectivity index (χ4n) is 4.09. The average Bonchev–Trinajstić information content (AvgIpc) is 3.21. The van der Waals surface area contributed by atoms with Crippen LogP contribution in [0.1, 0.15) is 12.5 Å². The second kappa shape index (κ2) is 9.54. The molecule has 1 saturated heterocycles. The van der Waals surface area contributed by atoms with Gasteiger partial charge in [-0.05, 0) is 35.9 Å². The van der Waals surface area contributed by atoms with Crippen LogP contribution in [0.15, 0.2) is 59.6 Å². The molecule has 10 heteroatoms. The number of carbonyl (C=O) groups is 2. The number of amides is 2. The fourth-order valence-corrected chi connectivity index (χ4v) is 5.64. The van der Waals surface area contributed by atoms with Crippen molar-refractivity contribution in [2.24, 2.45) is 0 Å². The van der Waals surface area contributed by atoms with Crippen molar-refractivity contribution < 1.29 is 18.0 Å². The molecule has 1 atom stereocenters. The van der Waals surface area contributed by atoms with E-state index in [1.165, 1.54) is 35.5 Å². The molecule has 174 valence electrons. The van der Waals surface area contributed by atoms with Crippen LogP contribution in [0.2, 0.25) is 5.02 Å². The first kappa shape index (κ1) is 23.3. The second-order valence-electron chi connectivity index (χ2n) is 8.00. The summed E-state index contributed by atoms with van der Waals surface area (Å²) in [7, 11) is -3.67. The monoisotopic (exact) mass is 488 g/mol. The number of halogens is 1. The van der Waals surface area contributed by atoms with E-state index in [4.69, 9.17) is 11.6 Å². The van der Waals surface area contributed by atoms with E-state index in [0.717, 1.165) is 16.5 Å². The number of piperazine rings is 1. The quantitative estimate of drug-likeness (QED) is 0.556. The van der Waals surface area contributed by atoms with Crippen LogP contribution in [-0.2, 0) is 26.0 Å². The van der Waals surface area contributed by atoms with Gasteiger partial charge >= 0.3 is 0 Å². The number of hydrogen-bond donors (Lipinski definition) is 2. The normalized spacial score (nSPS) is 16.0. The van der Waals surface area contributed by atoms with Crippen LogP contribution >= 0.6 is 11.6 Å². The van der Waals surface area contributed by atoms with Gasteiger partial charge in [0.1, 0.15) is 6.04 Å². The molecule has 8 nitrogen and oxygen atoms in total. The number of fused-ring (bicyclic) bond motifs is 1. The number of aromatic amines is 1. The Morgan fingerprint density at radius 3 is 2.39 bits per heavy atom. The number of nitrogens with one attached hydrogen (secondary N) is 2. The molecule has 1 aliphatic rings. The van der Waals surface area contributed by atoms with E-state index in [0.29, 0.717) is 11.4 Å². The maximum atomic E-state index is 13.3. The molecule has 0 unspecified atom stereocenters. The van der Waals surface area contributed by atoms with Crippen LogP contribution in [0.4, 0.5) is 0 Å². The molecule has 33 heavy (non-hydrogen) atoms. The first-order valence-electron chi connectivity index (χ1n) is 10.6. The molecule has 0 saturated carbocycles. The molecular weight excluding hydrogens is 464 g/mol. The van der Waals surface area contributed by atoms with Crippen molar-refractivity contribution in [3.05, 3.63) is 65.3 Å². The maximum Gasteiger partial charge on any atom is 0.245 e. The Hall–Kier alpha value is -2.88. The molecule has 1 aromatic heterocycles. The van der Waals surface area contributed by atoms with Gasteiger partial charge in [0.25, 0.3) is 0 Å². The van der Waals surface area contributed by atoms with E-state index in [-0.39, 0.29) is 42.9 Å². The number of aromatic nitrogens is 1. The van der Waals surface area contributed by atoms with Crippen molar-refractivity contribution in [1.82, 2.24) is 19.5 Å². The van der Waals surface area contributed by atoms with Gasteiger partial charge in [-0.1, -0.05) is 29.8 Å². The Balaban J connectivity index is 1.46. The lowest BCUT2D eigenvalue weighted by Gasteiger charge is -2.35. The summed E-state index contributed by atoms with van der Waals surface area (Å²) in [6, 6.07) is 13.1. The second-order valence-corrected chi connectivity index (χ2v) is 10.4. The van der Waals surface area contributed by atoms with Crippen LogP contribution in [0, 0.1) is 0 Å². The van der Waals surface area contributed by atoms with Crippen molar-refractivity contribution in [3.8, 4) is 0 Å². The smallest absolute Gasteiger partial charge is 0.245 e. The molecule has 2 heterocycles. The standard InChI is InChI=1S/C23H25ClN4O4S/c1-16(29)26-22(14-17-15-25-21-5-3-2-4-20(17)21)23(30)27-10-12-28(13-11-27)33(31,32)19-8-6-18(24)7-9-19/h2-9,15,22,25H,10-14H2,1H3,(H,26,29)/t22-/m0/s1. The molecule has 2 amide bonds. The summed E-state index contributed by atoms with van der Waals surface area (Å²) in [5, 5.41) is 4.23. The molecule has 4 rings (SSSR count). The number of nitrogens with zero attached hydrogens (tertiary/aromatic N) is 2. The lowest BCUT2D eigenvalue weighted by atomic mass is 10.0. The van der Waals surface area contributed by atoms with Gasteiger partial charge in [-0.3, -0.25) is 9.59 Å². The molecule has 0 bridgehead atoms. The van der Waals surface area contributed by atoms with Gasteiger partial charge in [0.2, 0.25) is 21.8 Å². The third-order valence-corrected chi connectivity index (χ3v) is 7.94. The minimum absolute atomic E-state index is 0.169. The van der Waals surface area contributed by atoms with Crippen molar-refractivity contribution in [2.45, 2.75) is 24.3 Å². The molecule has 1 fully saturated rings. The van der Waals surface area contributed by atoms with E-state index in [1.54, 1.807) is 4.90 Å². The number of para-hydroxylation sites is 1. The molecule has 1 aliphatic heterocycles. The SMILES string of the molecule is CC(=O)N[C@@H](Cc1c[nH]c2ccccc12)C(=O)N1CCN(S(=O)(=O)c2ccc(Cl)cc2)CC1. The highest BCUT2D eigenvalue weighted by Gasteiger charge is 2.33.